The van der Waals surface area contributed by atoms with Crippen LogP contribution in [0.5, 0.6) is 0 Å². The molecule has 3 rings (SSSR count). The second-order valence-electron chi connectivity index (χ2n) is 5.93. The summed E-state index contributed by atoms with van der Waals surface area (Å²) in [4.78, 5) is 14.3. The monoisotopic (exact) mass is 317 g/mol. The van der Waals surface area contributed by atoms with Gasteiger partial charge in [0.05, 0.1) is 6.04 Å². The standard InChI is InChI=1S/C17H23N3O3/c1-19-9-7-13(11-19)10-18-17(21)20-8-3-4-15(20)16-6-5-14(23-16)12-22-2/h5-7,9,11,15H,3-4,8,10,12H2,1-2H3,(H,18,21)/t15-/m1/s1. The van der Waals surface area contributed by atoms with E-state index in [-0.39, 0.29) is 12.1 Å². The van der Waals surface area contributed by atoms with Gasteiger partial charge >= 0.3 is 6.03 Å². The molecule has 23 heavy (non-hydrogen) atoms. The van der Waals surface area contributed by atoms with Crippen molar-refractivity contribution in [3.8, 4) is 0 Å². The van der Waals surface area contributed by atoms with E-state index < -0.39 is 0 Å². The van der Waals surface area contributed by atoms with Gasteiger partial charge in [-0.15, -0.1) is 0 Å². The van der Waals surface area contributed by atoms with Crippen molar-refractivity contribution in [3.63, 3.8) is 0 Å². The summed E-state index contributed by atoms with van der Waals surface area (Å²) in [6.07, 6.45) is 5.90. The molecule has 1 aliphatic heterocycles. The van der Waals surface area contributed by atoms with Crippen molar-refractivity contribution in [2.45, 2.75) is 32.0 Å². The van der Waals surface area contributed by atoms with Crippen molar-refractivity contribution in [2.24, 2.45) is 7.05 Å². The van der Waals surface area contributed by atoms with Crippen LogP contribution in [0.4, 0.5) is 4.79 Å². The van der Waals surface area contributed by atoms with Gasteiger partial charge in [0.25, 0.3) is 0 Å². The second-order valence-corrected chi connectivity index (χ2v) is 5.93. The fourth-order valence-electron chi connectivity index (χ4n) is 3.04. The Morgan fingerprint density at radius 1 is 1.43 bits per heavy atom. The number of carbonyl (C=O) groups is 1. The van der Waals surface area contributed by atoms with Gasteiger partial charge in [-0.05, 0) is 36.6 Å². The number of aromatic nitrogens is 1. The van der Waals surface area contributed by atoms with Crippen LogP contribution in [0.1, 0.15) is 36.0 Å². The Morgan fingerprint density at radius 2 is 2.30 bits per heavy atom. The molecule has 6 nitrogen and oxygen atoms in total. The first-order valence-electron chi connectivity index (χ1n) is 7.90. The minimum Gasteiger partial charge on any atom is -0.461 e. The van der Waals surface area contributed by atoms with Crippen molar-refractivity contribution >= 4 is 6.03 Å². The molecule has 0 radical (unpaired) electrons. The summed E-state index contributed by atoms with van der Waals surface area (Å²) in [5.74, 6) is 1.63. The summed E-state index contributed by atoms with van der Waals surface area (Å²) in [7, 11) is 3.61. The minimum absolute atomic E-state index is 0.0105. The van der Waals surface area contributed by atoms with E-state index in [0.29, 0.717) is 13.2 Å². The van der Waals surface area contributed by atoms with Gasteiger partial charge in [0.1, 0.15) is 18.1 Å². The highest BCUT2D eigenvalue weighted by Crippen LogP contribution is 2.33. The zero-order chi connectivity index (χ0) is 16.2. The van der Waals surface area contributed by atoms with Crippen molar-refractivity contribution in [1.82, 2.24) is 14.8 Å². The molecule has 0 unspecified atom stereocenters. The Bertz CT molecular complexity index is 662. The van der Waals surface area contributed by atoms with Crippen LogP contribution in [-0.4, -0.2) is 29.2 Å². The zero-order valence-electron chi connectivity index (χ0n) is 13.6. The Labute approximate surface area is 136 Å². The molecule has 0 aromatic carbocycles. The second kappa shape index (κ2) is 6.91. The molecule has 0 spiro atoms. The van der Waals surface area contributed by atoms with Crippen LogP contribution < -0.4 is 5.32 Å². The van der Waals surface area contributed by atoms with E-state index in [1.165, 1.54) is 0 Å². The lowest BCUT2D eigenvalue weighted by Gasteiger charge is -2.23. The van der Waals surface area contributed by atoms with Crippen LogP contribution in [0, 0.1) is 0 Å². The fourth-order valence-corrected chi connectivity index (χ4v) is 3.04. The number of nitrogens with one attached hydrogen (secondary N) is 1. The number of hydrogen-bond acceptors (Lipinski definition) is 3. The van der Waals surface area contributed by atoms with E-state index in [2.05, 4.69) is 5.32 Å². The van der Waals surface area contributed by atoms with Gasteiger partial charge in [0, 0.05) is 39.6 Å². The van der Waals surface area contributed by atoms with Crippen molar-refractivity contribution in [1.29, 1.82) is 0 Å². The van der Waals surface area contributed by atoms with Crippen LogP contribution in [0.3, 0.4) is 0 Å². The number of amides is 2. The molecule has 1 fully saturated rings. The van der Waals surface area contributed by atoms with Gasteiger partial charge in [0.15, 0.2) is 0 Å². The third kappa shape index (κ3) is 3.59. The first-order valence-corrected chi connectivity index (χ1v) is 7.90. The fraction of sp³-hybridized carbons (Fsp3) is 0.471. The van der Waals surface area contributed by atoms with Gasteiger partial charge in [-0.2, -0.15) is 0 Å². The Hall–Kier alpha value is -2.21. The van der Waals surface area contributed by atoms with E-state index in [1.54, 1.807) is 7.11 Å². The van der Waals surface area contributed by atoms with E-state index in [9.17, 15) is 4.79 Å². The Balaban J connectivity index is 1.62. The number of furan rings is 1. The number of aryl methyl sites for hydroxylation is 1. The lowest BCUT2D eigenvalue weighted by Crippen LogP contribution is -2.39. The number of nitrogens with zero attached hydrogens (tertiary/aromatic N) is 2. The van der Waals surface area contributed by atoms with E-state index in [4.69, 9.17) is 9.15 Å². The summed E-state index contributed by atoms with van der Waals surface area (Å²) in [6.45, 7) is 1.74. The molecular weight excluding hydrogens is 294 g/mol. The smallest absolute Gasteiger partial charge is 0.318 e. The summed E-state index contributed by atoms with van der Waals surface area (Å²) >= 11 is 0. The highest BCUT2D eigenvalue weighted by atomic mass is 16.5. The molecule has 2 aromatic rings. The number of hydrogen-bond donors (Lipinski definition) is 1. The predicted molar refractivity (Wildman–Crippen MR) is 85.8 cm³/mol. The van der Waals surface area contributed by atoms with Gasteiger partial charge in [-0.3, -0.25) is 0 Å². The first-order chi connectivity index (χ1) is 11.2. The number of urea groups is 1. The van der Waals surface area contributed by atoms with Gasteiger partial charge in [-0.1, -0.05) is 0 Å². The quantitative estimate of drug-likeness (QED) is 0.922. The SMILES string of the molecule is COCc1ccc([C@H]2CCCN2C(=O)NCc2ccn(C)c2)o1. The molecule has 0 bridgehead atoms. The average Bonchev–Trinajstić information content (AvgIpc) is 3.24. The number of rotatable bonds is 5. The number of ether oxygens (including phenoxy) is 1. The minimum atomic E-state index is -0.0407. The molecule has 3 heterocycles. The maximum Gasteiger partial charge on any atom is 0.318 e. The number of methoxy groups -OCH3 is 1. The highest BCUT2D eigenvalue weighted by Gasteiger charge is 2.32. The molecule has 2 amide bonds. The molecule has 0 saturated carbocycles. The average molecular weight is 317 g/mol. The van der Waals surface area contributed by atoms with Crippen LogP contribution in [-0.2, 0) is 24.9 Å². The lowest BCUT2D eigenvalue weighted by molar-refractivity contribution is 0.156. The molecule has 1 aliphatic rings. The van der Waals surface area contributed by atoms with Gasteiger partial charge < -0.3 is 23.9 Å². The maximum absolute atomic E-state index is 12.5. The van der Waals surface area contributed by atoms with Crippen LogP contribution >= 0.6 is 0 Å². The van der Waals surface area contributed by atoms with E-state index in [0.717, 1.165) is 36.5 Å². The summed E-state index contributed by atoms with van der Waals surface area (Å²) in [6, 6.07) is 5.84. The summed E-state index contributed by atoms with van der Waals surface area (Å²) in [5.41, 5.74) is 1.09. The Kier molecular flexibility index (Phi) is 4.71. The van der Waals surface area contributed by atoms with Crippen molar-refractivity contribution in [3.05, 3.63) is 47.7 Å². The lowest BCUT2D eigenvalue weighted by atomic mass is 10.2. The molecule has 1 atom stereocenters. The summed E-state index contributed by atoms with van der Waals surface area (Å²) in [5, 5.41) is 2.99. The largest absolute Gasteiger partial charge is 0.461 e. The third-order valence-electron chi connectivity index (χ3n) is 4.15. The van der Waals surface area contributed by atoms with Crippen molar-refractivity contribution in [2.75, 3.05) is 13.7 Å². The third-order valence-corrected chi connectivity index (χ3v) is 4.15. The van der Waals surface area contributed by atoms with Gasteiger partial charge in [0.2, 0.25) is 0 Å². The number of carbonyl (C=O) groups excluding carboxylic acids is 1. The molecular formula is C17H23N3O3. The molecule has 2 aromatic heterocycles. The number of likely N-dealkylation sites (tertiary alicyclic amines) is 1. The van der Waals surface area contributed by atoms with Gasteiger partial charge in [-0.25, -0.2) is 4.79 Å². The molecule has 1 N–H and O–H groups in total. The zero-order valence-corrected chi connectivity index (χ0v) is 13.6. The van der Waals surface area contributed by atoms with E-state index in [1.807, 2.05) is 47.1 Å². The van der Waals surface area contributed by atoms with Crippen LogP contribution in [0.2, 0.25) is 0 Å². The molecule has 124 valence electrons. The molecule has 0 aliphatic carbocycles. The summed E-state index contributed by atoms with van der Waals surface area (Å²) < 4.78 is 12.9. The maximum atomic E-state index is 12.5. The van der Waals surface area contributed by atoms with Crippen LogP contribution in [0.25, 0.3) is 0 Å². The van der Waals surface area contributed by atoms with Crippen LogP contribution in [0.15, 0.2) is 35.0 Å². The van der Waals surface area contributed by atoms with Crippen molar-refractivity contribution < 1.29 is 13.9 Å². The van der Waals surface area contributed by atoms with E-state index >= 15 is 0 Å². The normalized spacial score (nSPS) is 17.7. The Morgan fingerprint density at radius 3 is 3.04 bits per heavy atom. The molecule has 1 saturated heterocycles. The highest BCUT2D eigenvalue weighted by molar-refractivity contribution is 5.75. The topological polar surface area (TPSA) is 59.6 Å². The predicted octanol–water partition coefficient (Wildman–Crippen LogP) is 2.81. The molecule has 6 heteroatoms. The first kappa shape index (κ1) is 15.7.